The minimum absolute atomic E-state index is 0.252. The van der Waals surface area contributed by atoms with E-state index in [-0.39, 0.29) is 17.0 Å². The molecule has 1 aromatic rings. The lowest BCUT2D eigenvalue weighted by molar-refractivity contribution is -0.141. The van der Waals surface area contributed by atoms with Crippen molar-refractivity contribution >= 4 is 23.6 Å². The van der Waals surface area contributed by atoms with Crippen molar-refractivity contribution in [3.63, 3.8) is 0 Å². The summed E-state index contributed by atoms with van der Waals surface area (Å²) in [5.41, 5.74) is -0.447. The number of thioether (sulfide) groups is 1. The summed E-state index contributed by atoms with van der Waals surface area (Å²) in [6.45, 7) is 0. The zero-order valence-electron chi connectivity index (χ0n) is 11.0. The van der Waals surface area contributed by atoms with Gasteiger partial charge in [0.1, 0.15) is 23.2 Å². The van der Waals surface area contributed by atoms with Crippen molar-refractivity contribution in [2.75, 3.05) is 5.75 Å². The Bertz CT molecular complexity index is 584. The average Bonchev–Trinajstić information content (AvgIpc) is 3.16. The number of carboxylic acid groups (broad SMARTS) is 1. The molecule has 5 nitrogen and oxygen atoms in total. The summed E-state index contributed by atoms with van der Waals surface area (Å²) in [6.07, 6.45) is 1.88. The fourth-order valence-electron chi connectivity index (χ4n) is 2.57. The standard InChI is InChI=1S/C14H14FNO4S/c15-8-2-1-3-10(17)11(8)12(18)16-9(14(19)20)6-21-13(16)7-4-5-7/h1-3,7,9,13,17H,4-6H2,(H,19,20). The molecule has 112 valence electrons. The molecule has 2 N–H and O–H groups in total. The number of phenolic OH excluding ortho intramolecular Hbond substituents is 1. The summed E-state index contributed by atoms with van der Waals surface area (Å²) in [4.78, 5) is 25.2. The maximum absolute atomic E-state index is 13.9. The van der Waals surface area contributed by atoms with Gasteiger partial charge in [0.05, 0.1) is 5.37 Å². The van der Waals surface area contributed by atoms with Gasteiger partial charge < -0.3 is 15.1 Å². The van der Waals surface area contributed by atoms with E-state index in [2.05, 4.69) is 0 Å². The van der Waals surface area contributed by atoms with Gasteiger partial charge in [-0.3, -0.25) is 4.79 Å². The van der Waals surface area contributed by atoms with Gasteiger partial charge in [-0.2, -0.15) is 0 Å². The van der Waals surface area contributed by atoms with E-state index >= 15 is 0 Å². The summed E-state index contributed by atoms with van der Waals surface area (Å²) >= 11 is 1.41. The summed E-state index contributed by atoms with van der Waals surface area (Å²) in [7, 11) is 0. The topological polar surface area (TPSA) is 77.8 Å². The van der Waals surface area contributed by atoms with Crippen molar-refractivity contribution in [2.45, 2.75) is 24.3 Å². The number of nitrogens with zero attached hydrogens (tertiary/aromatic N) is 1. The van der Waals surface area contributed by atoms with E-state index in [9.17, 15) is 24.2 Å². The van der Waals surface area contributed by atoms with Gasteiger partial charge in [-0.15, -0.1) is 11.8 Å². The van der Waals surface area contributed by atoms with E-state index in [1.54, 1.807) is 0 Å². The number of carboxylic acids is 1. The first-order valence-electron chi connectivity index (χ1n) is 6.65. The molecule has 0 spiro atoms. The fraction of sp³-hybridized carbons (Fsp3) is 0.429. The molecule has 1 saturated carbocycles. The number of halogens is 1. The Kier molecular flexibility index (Phi) is 3.52. The van der Waals surface area contributed by atoms with Gasteiger partial charge in [0.15, 0.2) is 0 Å². The monoisotopic (exact) mass is 311 g/mol. The molecule has 1 aromatic carbocycles. The molecule has 0 bridgehead atoms. The number of amides is 1. The molecule has 3 rings (SSSR count). The number of hydrogen-bond donors (Lipinski definition) is 2. The van der Waals surface area contributed by atoms with Crippen molar-refractivity contribution in [2.24, 2.45) is 5.92 Å². The molecule has 1 aliphatic carbocycles. The van der Waals surface area contributed by atoms with Gasteiger partial charge in [0.25, 0.3) is 5.91 Å². The van der Waals surface area contributed by atoms with E-state index in [1.165, 1.54) is 28.8 Å². The highest BCUT2D eigenvalue weighted by molar-refractivity contribution is 8.00. The predicted molar refractivity (Wildman–Crippen MR) is 74.6 cm³/mol. The Morgan fingerprint density at radius 1 is 1.33 bits per heavy atom. The highest BCUT2D eigenvalue weighted by Gasteiger charge is 2.48. The largest absolute Gasteiger partial charge is 0.507 e. The van der Waals surface area contributed by atoms with Crippen LogP contribution < -0.4 is 0 Å². The minimum Gasteiger partial charge on any atom is -0.507 e. The fourth-order valence-corrected chi connectivity index (χ4v) is 4.20. The zero-order valence-corrected chi connectivity index (χ0v) is 11.8. The smallest absolute Gasteiger partial charge is 0.327 e. The van der Waals surface area contributed by atoms with E-state index in [1.807, 2.05) is 0 Å². The van der Waals surface area contributed by atoms with E-state index in [0.29, 0.717) is 0 Å². The van der Waals surface area contributed by atoms with Crippen LogP contribution in [0.15, 0.2) is 18.2 Å². The van der Waals surface area contributed by atoms with Crippen LogP contribution in [0, 0.1) is 11.7 Å². The summed E-state index contributed by atoms with van der Waals surface area (Å²) < 4.78 is 13.9. The average molecular weight is 311 g/mol. The Labute approximate surface area is 124 Å². The van der Waals surface area contributed by atoms with Gasteiger partial charge in [-0.25, -0.2) is 9.18 Å². The second-order valence-corrected chi connectivity index (χ2v) is 6.41. The molecule has 0 aromatic heterocycles. The van der Waals surface area contributed by atoms with Gasteiger partial charge in [-0.05, 0) is 30.9 Å². The molecule has 1 saturated heterocycles. The second-order valence-electron chi connectivity index (χ2n) is 5.26. The predicted octanol–water partition coefficient (Wildman–Crippen LogP) is 1.91. The first-order valence-corrected chi connectivity index (χ1v) is 7.70. The van der Waals surface area contributed by atoms with Crippen molar-refractivity contribution in [3.8, 4) is 5.75 Å². The normalized spacial score (nSPS) is 25.1. The number of hydrogen-bond acceptors (Lipinski definition) is 4. The van der Waals surface area contributed by atoms with Gasteiger partial charge in [-0.1, -0.05) is 6.07 Å². The summed E-state index contributed by atoms with van der Waals surface area (Å²) in [5.74, 6) is -2.60. The maximum atomic E-state index is 13.9. The highest BCUT2D eigenvalue weighted by Crippen LogP contribution is 2.46. The zero-order chi connectivity index (χ0) is 15.1. The molecule has 0 radical (unpaired) electrons. The van der Waals surface area contributed by atoms with Crippen LogP contribution in [0.25, 0.3) is 0 Å². The number of phenols is 1. The molecular weight excluding hydrogens is 297 g/mol. The van der Waals surface area contributed by atoms with Crippen LogP contribution in [0.4, 0.5) is 4.39 Å². The molecule has 2 fully saturated rings. The molecule has 2 aliphatic rings. The van der Waals surface area contributed by atoms with Gasteiger partial charge >= 0.3 is 5.97 Å². The molecule has 21 heavy (non-hydrogen) atoms. The number of benzene rings is 1. The number of rotatable bonds is 3. The summed E-state index contributed by atoms with van der Waals surface area (Å²) in [5, 5.41) is 18.8. The number of aromatic hydroxyl groups is 1. The Morgan fingerprint density at radius 2 is 2.05 bits per heavy atom. The number of carbonyl (C=O) groups is 2. The quantitative estimate of drug-likeness (QED) is 0.891. The molecular formula is C14H14FNO4S. The van der Waals surface area contributed by atoms with Crippen LogP contribution in [-0.2, 0) is 4.79 Å². The molecule has 1 heterocycles. The van der Waals surface area contributed by atoms with Gasteiger partial charge in [0.2, 0.25) is 0 Å². The summed E-state index contributed by atoms with van der Waals surface area (Å²) in [6, 6.07) is 2.62. The molecule has 2 unspecified atom stereocenters. The third-order valence-corrected chi connectivity index (χ3v) is 5.25. The third kappa shape index (κ3) is 2.46. The highest BCUT2D eigenvalue weighted by atomic mass is 32.2. The third-order valence-electron chi connectivity index (χ3n) is 3.79. The first-order chi connectivity index (χ1) is 10.0. The Hall–Kier alpha value is -1.76. The minimum atomic E-state index is -1.10. The van der Waals surface area contributed by atoms with Crippen LogP contribution in [0.2, 0.25) is 0 Å². The van der Waals surface area contributed by atoms with Crippen LogP contribution in [0.3, 0.4) is 0 Å². The van der Waals surface area contributed by atoms with Crippen molar-refractivity contribution in [3.05, 3.63) is 29.6 Å². The molecule has 2 atom stereocenters. The van der Waals surface area contributed by atoms with Gasteiger partial charge in [0, 0.05) is 5.75 Å². The maximum Gasteiger partial charge on any atom is 0.327 e. The van der Waals surface area contributed by atoms with Crippen molar-refractivity contribution in [1.29, 1.82) is 0 Å². The van der Waals surface area contributed by atoms with E-state index in [4.69, 9.17) is 0 Å². The SMILES string of the molecule is O=C(O)C1CSC(C2CC2)N1C(=O)c1c(O)cccc1F. The molecule has 1 amide bonds. The number of aliphatic carboxylic acids is 1. The Morgan fingerprint density at radius 3 is 2.62 bits per heavy atom. The van der Waals surface area contributed by atoms with Crippen LogP contribution in [-0.4, -0.2) is 44.2 Å². The lowest BCUT2D eigenvalue weighted by Crippen LogP contribution is -2.46. The first kappa shape index (κ1) is 14.2. The van der Waals surface area contributed by atoms with E-state index in [0.717, 1.165) is 18.9 Å². The van der Waals surface area contributed by atoms with Crippen LogP contribution in [0.1, 0.15) is 23.2 Å². The lowest BCUT2D eigenvalue weighted by atomic mass is 10.1. The Balaban J connectivity index is 1.98. The molecule has 1 aliphatic heterocycles. The van der Waals surface area contributed by atoms with Crippen LogP contribution in [0.5, 0.6) is 5.75 Å². The lowest BCUT2D eigenvalue weighted by Gasteiger charge is -2.27. The van der Waals surface area contributed by atoms with Crippen molar-refractivity contribution in [1.82, 2.24) is 4.90 Å². The van der Waals surface area contributed by atoms with E-state index < -0.39 is 35.0 Å². The molecule has 7 heteroatoms. The van der Waals surface area contributed by atoms with Crippen molar-refractivity contribution < 1.29 is 24.2 Å². The second kappa shape index (κ2) is 5.22. The number of carbonyl (C=O) groups excluding carboxylic acids is 1. The van der Waals surface area contributed by atoms with Crippen LogP contribution >= 0.6 is 11.8 Å².